The maximum Gasteiger partial charge on any atom is -0.000153 e. The maximum absolute atomic E-state index is 2.48. The molecule has 0 aromatic carbocycles. The Labute approximate surface area is 97.5 Å². The molecule has 0 aromatic rings. The van der Waals surface area contributed by atoms with E-state index in [2.05, 4.69) is 59.0 Å². The molecule has 0 aliphatic rings. The smallest absolute Gasteiger partial charge is 0.000153 e. The van der Waals surface area contributed by atoms with E-state index in [0.29, 0.717) is 0 Å². The summed E-state index contributed by atoms with van der Waals surface area (Å²) in [6.45, 7) is 4.47. The summed E-state index contributed by atoms with van der Waals surface area (Å²) in [6.07, 6.45) is 6.56. The van der Waals surface area contributed by atoms with Crippen LogP contribution in [0.15, 0.2) is 7.16 Å². The van der Waals surface area contributed by atoms with Crippen LogP contribution in [0.1, 0.15) is 46.0 Å². The molecule has 0 aliphatic carbocycles. The van der Waals surface area contributed by atoms with Gasteiger partial charge in [0.2, 0.25) is 0 Å². The molecule has 0 N–H and O–H groups in total. The Balaban J connectivity index is 3.58. The van der Waals surface area contributed by atoms with Crippen LogP contribution in [0, 0.1) is 0 Å². The molecule has 66 valence electrons. The van der Waals surface area contributed by atoms with Crippen molar-refractivity contribution < 1.29 is 0 Å². The molecule has 0 saturated heterocycles. The summed E-state index contributed by atoms with van der Waals surface area (Å²) in [6, 6.07) is 0. The lowest BCUT2D eigenvalue weighted by atomic mass is 10.2. The third kappa shape index (κ3) is 6.37. The Bertz CT molecular complexity index is 128. The van der Waals surface area contributed by atoms with Gasteiger partial charge in [-0.3, -0.25) is 0 Å². The number of rotatable bonds is 5. The minimum absolute atomic E-state index is 1.20. The van der Waals surface area contributed by atoms with Gasteiger partial charge in [0.05, 0.1) is 0 Å². The lowest BCUT2D eigenvalue weighted by molar-refractivity contribution is 0.726. The Morgan fingerprint density at radius 2 is 1.64 bits per heavy atom. The molecule has 0 heterocycles. The average molecular weight is 378 g/mol. The summed E-state index contributed by atoms with van der Waals surface area (Å²) < 4.78 is 3.11. The summed E-state index contributed by atoms with van der Waals surface area (Å²) in [5.74, 6) is 0. The predicted octanol–water partition coefficient (Wildman–Crippen LogP) is 5.06. The normalized spacial score (nSPS) is 13.1. The van der Waals surface area contributed by atoms with E-state index in [4.69, 9.17) is 0 Å². The first-order valence-corrected chi connectivity index (χ1v) is 6.41. The Morgan fingerprint density at radius 1 is 1.00 bits per heavy atom. The monoisotopic (exact) mass is 378 g/mol. The van der Waals surface area contributed by atoms with Crippen molar-refractivity contribution in [3.8, 4) is 0 Å². The Morgan fingerprint density at radius 3 is 2.09 bits per heavy atom. The van der Waals surface area contributed by atoms with E-state index in [1.165, 1.54) is 32.1 Å². The van der Waals surface area contributed by atoms with Gasteiger partial charge in [-0.2, -0.15) is 0 Å². The van der Waals surface area contributed by atoms with E-state index in [1.54, 1.807) is 7.16 Å². The summed E-state index contributed by atoms with van der Waals surface area (Å²) in [5.41, 5.74) is 0. The first kappa shape index (κ1) is 12.2. The fraction of sp³-hybridized carbons (Fsp3) is 0.778. The van der Waals surface area contributed by atoms with Crippen LogP contribution in [0.25, 0.3) is 0 Å². The third-order valence-electron chi connectivity index (χ3n) is 1.60. The summed E-state index contributed by atoms with van der Waals surface area (Å²) in [7, 11) is 0. The van der Waals surface area contributed by atoms with E-state index in [0.717, 1.165) is 0 Å². The van der Waals surface area contributed by atoms with Crippen LogP contribution >= 0.6 is 45.2 Å². The second kappa shape index (κ2) is 7.83. The van der Waals surface area contributed by atoms with E-state index in [9.17, 15) is 0 Å². The third-order valence-corrected chi connectivity index (χ3v) is 5.24. The first-order chi connectivity index (χ1) is 5.22. The highest BCUT2D eigenvalue weighted by Gasteiger charge is 1.97. The molecule has 0 spiro atoms. The molecule has 0 atom stereocenters. The van der Waals surface area contributed by atoms with Gasteiger partial charge in [0.15, 0.2) is 0 Å². The second-order valence-electron chi connectivity index (χ2n) is 2.62. The zero-order valence-corrected chi connectivity index (χ0v) is 11.6. The standard InChI is InChI=1S/C9H16I2/c1-3-5-6-7-9(11)8(10)4-2/h3-7H2,1-2H3/b9-8-. The van der Waals surface area contributed by atoms with Crippen LogP contribution in [-0.2, 0) is 0 Å². The van der Waals surface area contributed by atoms with E-state index in [-0.39, 0.29) is 0 Å². The molecule has 0 nitrogen and oxygen atoms in total. The zero-order valence-electron chi connectivity index (χ0n) is 7.29. The van der Waals surface area contributed by atoms with Gasteiger partial charge in [0.1, 0.15) is 0 Å². The van der Waals surface area contributed by atoms with Crippen LogP contribution in [-0.4, -0.2) is 0 Å². The van der Waals surface area contributed by atoms with Crippen LogP contribution in [0.2, 0.25) is 0 Å². The topological polar surface area (TPSA) is 0 Å². The fourth-order valence-corrected chi connectivity index (χ4v) is 1.89. The van der Waals surface area contributed by atoms with Gasteiger partial charge in [-0.25, -0.2) is 0 Å². The van der Waals surface area contributed by atoms with E-state index >= 15 is 0 Å². The van der Waals surface area contributed by atoms with E-state index in [1.807, 2.05) is 0 Å². The van der Waals surface area contributed by atoms with Crippen LogP contribution in [0.3, 0.4) is 0 Å². The average Bonchev–Trinajstić information content (AvgIpc) is 2.03. The van der Waals surface area contributed by atoms with Crippen molar-refractivity contribution >= 4 is 45.2 Å². The molecule has 0 aromatic heterocycles. The SMILES string of the molecule is CCCCC/C(I)=C(/I)CC. The van der Waals surface area contributed by atoms with Crippen molar-refractivity contribution in [2.24, 2.45) is 0 Å². The predicted molar refractivity (Wildman–Crippen MR) is 69.5 cm³/mol. The molecule has 0 radical (unpaired) electrons. The first-order valence-electron chi connectivity index (χ1n) is 4.25. The maximum atomic E-state index is 2.48. The highest BCUT2D eigenvalue weighted by atomic mass is 127. The highest BCUT2D eigenvalue weighted by Crippen LogP contribution is 2.26. The molecule has 11 heavy (non-hydrogen) atoms. The van der Waals surface area contributed by atoms with Crippen molar-refractivity contribution in [3.05, 3.63) is 7.16 Å². The lowest BCUT2D eigenvalue weighted by Crippen LogP contribution is -1.78. The van der Waals surface area contributed by atoms with Crippen LogP contribution in [0.5, 0.6) is 0 Å². The number of hydrogen-bond donors (Lipinski definition) is 0. The minimum Gasteiger partial charge on any atom is -0.0654 e. The second-order valence-corrected chi connectivity index (χ2v) is 5.22. The van der Waals surface area contributed by atoms with Crippen molar-refractivity contribution in [2.75, 3.05) is 0 Å². The number of allylic oxidation sites excluding steroid dienone is 2. The van der Waals surface area contributed by atoms with Gasteiger partial charge in [0.25, 0.3) is 0 Å². The lowest BCUT2D eigenvalue weighted by Gasteiger charge is -2.01. The highest BCUT2D eigenvalue weighted by molar-refractivity contribution is 14.1. The molecular formula is C9H16I2. The molecule has 0 bridgehead atoms. The van der Waals surface area contributed by atoms with Crippen LogP contribution < -0.4 is 0 Å². The zero-order chi connectivity index (χ0) is 8.69. The molecule has 0 rings (SSSR count). The van der Waals surface area contributed by atoms with Crippen molar-refractivity contribution in [1.29, 1.82) is 0 Å². The number of halogens is 2. The molecule has 2 heteroatoms. The molecule has 0 amide bonds. The van der Waals surface area contributed by atoms with Gasteiger partial charge >= 0.3 is 0 Å². The van der Waals surface area contributed by atoms with Crippen molar-refractivity contribution in [1.82, 2.24) is 0 Å². The number of hydrogen-bond acceptors (Lipinski definition) is 0. The van der Waals surface area contributed by atoms with Crippen LogP contribution in [0.4, 0.5) is 0 Å². The largest absolute Gasteiger partial charge is 0.0654 e. The Hall–Kier alpha value is 1.20. The molecule has 0 unspecified atom stereocenters. The van der Waals surface area contributed by atoms with Crippen molar-refractivity contribution in [2.45, 2.75) is 46.0 Å². The summed E-state index contributed by atoms with van der Waals surface area (Å²) in [5, 5.41) is 0. The molecule has 0 aliphatic heterocycles. The van der Waals surface area contributed by atoms with E-state index < -0.39 is 0 Å². The number of unbranched alkanes of at least 4 members (excludes halogenated alkanes) is 2. The summed E-state index contributed by atoms with van der Waals surface area (Å²) in [4.78, 5) is 0. The van der Waals surface area contributed by atoms with Gasteiger partial charge in [-0.05, 0) is 71.6 Å². The van der Waals surface area contributed by atoms with Gasteiger partial charge in [-0.1, -0.05) is 26.7 Å². The molecule has 0 fully saturated rings. The fourth-order valence-electron chi connectivity index (χ4n) is 0.858. The molecule has 0 saturated carbocycles. The quantitative estimate of drug-likeness (QED) is 0.464. The van der Waals surface area contributed by atoms with Gasteiger partial charge in [-0.15, -0.1) is 0 Å². The molecular weight excluding hydrogens is 362 g/mol. The summed E-state index contributed by atoms with van der Waals surface area (Å²) >= 11 is 4.93. The Kier molecular flexibility index (Phi) is 8.68. The van der Waals surface area contributed by atoms with Gasteiger partial charge < -0.3 is 0 Å². The minimum atomic E-state index is 1.20. The van der Waals surface area contributed by atoms with Gasteiger partial charge in [0, 0.05) is 0 Å². The van der Waals surface area contributed by atoms with Crippen molar-refractivity contribution in [3.63, 3.8) is 0 Å².